The van der Waals surface area contributed by atoms with E-state index in [1.54, 1.807) is 7.11 Å². The molecular weight excluding hydrogens is 262 g/mol. The average molecular weight is 283 g/mol. The lowest BCUT2D eigenvalue weighted by Crippen LogP contribution is -2.34. The summed E-state index contributed by atoms with van der Waals surface area (Å²) in [5, 5.41) is 3.40. The van der Waals surface area contributed by atoms with Crippen molar-refractivity contribution in [2.24, 2.45) is 0 Å². The van der Waals surface area contributed by atoms with Crippen LogP contribution in [0.4, 0.5) is 5.69 Å². The molecule has 0 saturated carbocycles. The quantitative estimate of drug-likeness (QED) is 0.936. The van der Waals surface area contributed by atoms with E-state index in [1.807, 2.05) is 19.2 Å². The monoisotopic (exact) mass is 283 g/mol. The first-order chi connectivity index (χ1) is 10.3. The van der Waals surface area contributed by atoms with Crippen LogP contribution in [0.2, 0.25) is 0 Å². The molecule has 1 unspecified atom stereocenters. The van der Waals surface area contributed by atoms with Gasteiger partial charge < -0.3 is 15.0 Å². The SMILES string of the molecule is CNC1CCN(Cc2cccc(OC)n2)c2ccccc21. The first-order valence-electron chi connectivity index (χ1n) is 7.33. The number of benzene rings is 1. The van der Waals surface area contributed by atoms with Crippen LogP contribution in [0.1, 0.15) is 23.7 Å². The summed E-state index contributed by atoms with van der Waals surface area (Å²) in [6, 6.07) is 15.0. The van der Waals surface area contributed by atoms with Gasteiger partial charge in [0, 0.05) is 24.3 Å². The molecule has 1 aliphatic rings. The van der Waals surface area contributed by atoms with Crippen LogP contribution in [-0.4, -0.2) is 25.7 Å². The minimum atomic E-state index is 0.440. The number of hydrogen-bond donors (Lipinski definition) is 1. The van der Waals surface area contributed by atoms with Crippen LogP contribution in [0.5, 0.6) is 5.88 Å². The summed E-state index contributed by atoms with van der Waals surface area (Å²) in [7, 11) is 3.68. The van der Waals surface area contributed by atoms with Crippen molar-refractivity contribution in [2.75, 3.05) is 25.6 Å². The second-order valence-corrected chi connectivity index (χ2v) is 5.28. The molecule has 110 valence electrons. The first kappa shape index (κ1) is 13.9. The van der Waals surface area contributed by atoms with Crippen LogP contribution >= 0.6 is 0 Å². The maximum Gasteiger partial charge on any atom is 0.213 e. The fourth-order valence-corrected chi connectivity index (χ4v) is 2.95. The first-order valence-corrected chi connectivity index (χ1v) is 7.33. The van der Waals surface area contributed by atoms with Gasteiger partial charge in [-0.3, -0.25) is 0 Å². The van der Waals surface area contributed by atoms with Crippen LogP contribution in [0.3, 0.4) is 0 Å². The van der Waals surface area contributed by atoms with E-state index >= 15 is 0 Å². The highest BCUT2D eigenvalue weighted by atomic mass is 16.5. The highest BCUT2D eigenvalue weighted by Gasteiger charge is 2.23. The van der Waals surface area contributed by atoms with Crippen LogP contribution in [0.25, 0.3) is 0 Å². The number of hydrogen-bond acceptors (Lipinski definition) is 4. The standard InChI is InChI=1S/C17H21N3O/c1-18-15-10-11-20(16-8-4-3-7-14(15)16)12-13-6-5-9-17(19-13)21-2/h3-9,15,18H,10-12H2,1-2H3. The fraction of sp³-hybridized carbons (Fsp3) is 0.353. The van der Waals surface area contributed by atoms with E-state index in [9.17, 15) is 0 Å². The number of ether oxygens (including phenoxy) is 1. The predicted molar refractivity (Wildman–Crippen MR) is 84.7 cm³/mol. The number of para-hydroxylation sites is 1. The van der Waals surface area contributed by atoms with Gasteiger partial charge in [-0.05, 0) is 31.2 Å². The Labute approximate surface area is 125 Å². The maximum atomic E-state index is 5.21. The number of nitrogens with one attached hydrogen (secondary N) is 1. The molecule has 2 aromatic rings. The highest BCUT2D eigenvalue weighted by Crippen LogP contribution is 2.34. The molecule has 1 aliphatic heterocycles. The maximum absolute atomic E-state index is 5.21. The minimum absolute atomic E-state index is 0.440. The molecule has 4 nitrogen and oxygen atoms in total. The summed E-state index contributed by atoms with van der Waals surface area (Å²) in [5.41, 5.74) is 3.70. The molecule has 0 saturated heterocycles. The van der Waals surface area contributed by atoms with Crippen molar-refractivity contribution in [1.29, 1.82) is 0 Å². The van der Waals surface area contributed by atoms with Gasteiger partial charge in [0.2, 0.25) is 5.88 Å². The topological polar surface area (TPSA) is 37.4 Å². The van der Waals surface area contributed by atoms with Gasteiger partial charge in [-0.15, -0.1) is 0 Å². The lowest BCUT2D eigenvalue weighted by molar-refractivity contribution is 0.396. The largest absolute Gasteiger partial charge is 0.481 e. The van der Waals surface area contributed by atoms with Gasteiger partial charge in [0.1, 0.15) is 0 Å². The molecule has 4 heteroatoms. The van der Waals surface area contributed by atoms with Crippen molar-refractivity contribution in [2.45, 2.75) is 19.0 Å². The molecule has 21 heavy (non-hydrogen) atoms. The zero-order valence-corrected chi connectivity index (χ0v) is 12.5. The number of rotatable bonds is 4. The predicted octanol–water partition coefficient (Wildman–Crippen LogP) is 2.76. The Kier molecular flexibility index (Phi) is 4.06. The molecule has 1 aromatic carbocycles. The number of methoxy groups -OCH3 is 1. The third kappa shape index (κ3) is 2.85. The average Bonchev–Trinajstić information content (AvgIpc) is 2.55. The summed E-state index contributed by atoms with van der Waals surface area (Å²) >= 11 is 0. The van der Waals surface area contributed by atoms with Crippen LogP contribution in [0, 0.1) is 0 Å². The molecule has 0 bridgehead atoms. The number of aromatic nitrogens is 1. The molecule has 2 heterocycles. The Morgan fingerprint density at radius 3 is 2.90 bits per heavy atom. The van der Waals surface area contributed by atoms with Crippen molar-refractivity contribution < 1.29 is 4.74 Å². The smallest absolute Gasteiger partial charge is 0.213 e. The molecule has 1 aromatic heterocycles. The normalized spacial score (nSPS) is 17.4. The number of nitrogens with zero attached hydrogens (tertiary/aromatic N) is 2. The van der Waals surface area contributed by atoms with Crippen molar-refractivity contribution >= 4 is 5.69 Å². The lowest BCUT2D eigenvalue weighted by atomic mass is 9.96. The van der Waals surface area contributed by atoms with E-state index in [-0.39, 0.29) is 0 Å². The van der Waals surface area contributed by atoms with Gasteiger partial charge in [-0.25, -0.2) is 4.98 Å². The molecule has 1 N–H and O–H groups in total. The van der Waals surface area contributed by atoms with Crippen molar-refractivity contribution in [1.82, 2.24) is 10.3 Å². The van der Waals surface area contributed by atoms with Crippen molar-refractivity contribution in [3.63, 3.8) is 0 Å². The van der Waals surface area contributed by atoms with E-state index in [0.29, 0.717) is 11.9 Å². The fourth-order valence-electron chi connectivity index (χ4n) is 2.95. The van der Waals surface area contributed by atoms with Crippen molar-refractivity contribution in [3.05, 3.63) is 53.7 Å². The van der Waals surface area contributed by atoms with Crippen molar-refractivity contribution in [3.8, 4) is 5.88 Å². The molecule has 0 aliphatic carbocycles. The summed E-state index contributed by atoms with van der Waals surface area (Å²) in [6.45, 7) is 1.84. The zero-order valence-electron chi connectivity index (χ0n) is 12.5. The van der Waals surface area contributed by atoms with E-state index < -0.39 is 0 Å². The third-order valence-corrected chi connectivity index (χ3v) is 4.03. The highest BCUT2D eigenvalue weighted by molar-refractivity contribution is 5.57. The minimum Gasteiger partial charge on any atom is -0.481 e. The number of anilines is 1. The summed E-state index contributed by atoms with van der Waals surface area (Å²) in [4.78, 5) is 6.91. The summed E-state index contributed by atoms with van der Waals surface area (Å²) in [5.74, 6) is 0.672. The summed E-state index contributed by atoms with van der Waals surface area (Å²) < 4.78 is 5.21. The van der Waals surface area contributed by atoms with Crippen LogP contribution in [0.15, 0.2) is 42.5 Å². The van der Waals surface area contributed by atoms with Gasteiger partial charge in [0.25, 0.3) is 0 Å². The van der Waals surface area contributed by atoms with E-state index in [0.717, 1.165) is 25.2 Å². The Hall–Kier alpha value is -2.07. The zero-order chi connectivity index (χ0) is 14.7. The Morgan fingerprint density at radius 1 is 1.24 bits per heavy atom. The molecule has 1 atom stereocenters. The molecule has 0 radical (unpaired) electrons. The van der Waals surface area contributed by atoms with E-state index in [1.165, 1.54) is 11.3 Å². The second kappa shape index (κ2) is 6.14. The van der Waals surface area contributed by atoms with Gasteiger partial charge in [0.05, 0.1) is 19.3 Å². The van der Waals surface area contributed by atoms with E-state index in [4.69, 9.17) is 4.74 Å². The molecule has 3 rings (SSSR count). The molecule has 0 fully saturated rings. The molecule has 0 amide bonds. The number of fused-ring (bicyclic) bond motifs is 1. The summed E-state index contributed by atoms with van der Waals surface area (Å²) in [6.07, 6.45) is 1.11. The van der Waals surface area contributed by atoms with Gasteiger partial charge in [-0.2, -0.15) is 0 Å². The third-order valence-electron chi connectivity index (χ3n) is 4.03. The lowest BCUT2D eigenvalue weighted by Gasteiger charge is -2.35. The van der Waals surface area contributed by atoms with Crippen LogP contribution in [-0.2, 0) is 6.54 Å². The van der Waals surface area contributed by atoms with Gasteiger partial charge >= 0.3 is 0 Å². The Balaban J connectivity index is 1.86. The molecular formula is C17H21N3O. The van der Waals surface area contributed by atoms with Gasteiger partial charge in [-0.1, -0.05) is 24.3 Å². The second-order valence-electron chi connectivity index (χ2n) is 5.28. The van der Waals surface area contributed by atoms with E-state index in [2.05, 4.69) is 45.5 Å². The Morgan fingerprint density at radius 2 is 2.10 bits per heavy atom. The molecule has 0 spiro atoms. The van der Waals surface area contributed by atoms with Gasteiger partial charge in [0.15, 0.2) is 0 Å². The van der Waals surface area contributed by atoms with Crippen LogP contribution < -0.4 is 15.0 Å². The Bertz CT molecular complexity index is 614. The number of pyridine rings is 1.